The number of hydrogen-bond donors (Lipinski definition) is 1. The fourth-order valence-corrected chi connectivity index (χ4v) is 4.94. The summed E-state index contributed by atoms with van der Waals surface area (Å²) < 4.78 is 10.7. The summed E-state index contributed by atoms with van der Waals surface area (Å²) >= 11 is 0. The Morgan fingerprint density at radius 2 is 1.62 bits per heavy atom. The second kappa shape index (κ2) is 8.89. The summed E-state index contributed by atoms with van der Waals surface area (Å²) in [4.78, 5) is 10.9. The molecule has 3 aliphatic carbocycles. The van der Waals surface area contributed by atoms with Gasteiger partial charge in [-0.15, -0.1) is 0 Å². The number of hydrogen-bond acceptors (Lipinski definition) is 3. The van der Waals surface area contributed by atoms with E-state index in [1.165, 1.54) is 31.1 Å². The average Bonchev–Trinajstić information content (AvgIpc) is 3.25. The molecule has 4 rings (SSSR count). The normalized spacial score (nSPS) is 32.7. The van der Waals surface area contributed by atoms with E-state index in [2.05, 4.69) is 5.16 Å². The van der Waals surface area contributed by atoms with Crippen molar-refractivity contribution in [2.75, 3.05) is 6.61 Å². The highest BCUT2D eigenvalue weighted by molar-refractivity contribution is 5.03. The minimum atomic E-state index is -0.142. The lowest BCUT2D eigenvalue weighted by Gasteiger charge is -2.26. The van der Waals surface area contributed by atoms with Crippen molar-refractivity contribution in [3.05, 3.63) is 22.2 Å². The van der Waals surface area contributed by atoms with Gasteiger partial charge < -0.3 is 9.26 Å². The lowest BCUT2D eigenvalue weighted by molar-refractivity contribution is 0.0309. The molecule has 3 saturated carbocycles. The molecule has 0 spiro atoms. The minimum Gasteiger partial charge on any atom is -0.383 e. The lowest BCUT2D eigenvalue weighted by atomic mass is 9.82. The molecule has 2 unspecified atom stereocenters. The maximum absolute atomic E-state index is 10.9. The van der Waals surface area contributed by atoms with Crippen LogP contribution in [0.15, 0.2) is 15.4 Å². The molecule has 2 atom stereocenters. The minimum absolute atomic E-state index is 0.142. The number of rotatable bonds is 3. The van der Waals surface area contributed by atoms with Crippen LogP contribution >= 0.6 is 0 Å². The van der Waals surface area contributed by atoms with Crippen molar-refractivity contribution in [3.63, 3.8) is 0 Å². The molecule has 0 amide bonds. The maximum Gasteiger partial charge on any atom is 0.280 e. The van der Waals surface area contributed by atoms with Crippen LogP contribution in [0.4, 0.5) is 0 Å². The highest BCUT2D eigenvalue weighted by atomic mass is 16.5. The summed E-state index contributed by atoms with van der Waals surface area (Å²) in [5.74, 6) is 3.52. The van der Waals surface area contributed by atoms with Gasteiger partial charge in [0.2, 0.25) is 0 Å². The molecule has 0 radical (unpaired) electrons. The Bertz CT molecular complexity index is 515. The van der Waals surface area contributed by atoms with Gasteiger partial charge in [0.25, 0.3) is 5.56 Å². The van der Waals surface area contributed by atoms with Gasteiger partial charge in [-0.1, -0.05) is 44.9 Å². The zero-order chi connectivity index (χ0) is 16.8. The largest absolute Gasteiger partial charge is 0.383 e. The summed E-state index contributed by atoms with van der Waals surface area (Å²) in [7, 11) is 0. The van der Waals surface area contributed by atoms with Crippen LogP contribution in [0.25, 0.3) is 0 Å². The Kier molecular flexibility index (Phi) is 6.59. The number of H-pyrrole nitrogens is 1. The molecule has 1 aromatic heterocycles. The number of fused-ring (bicyclic) bond motifs is 1. The zero-order valence-corrected chi connectivity index (χ0v) is 15.1. The Morgan fingerprint density at radius 3 is 2.17 bits per heavy atom. The van der Waals surface area contributed by atoms with Crippen molar-refractivity contribution >= 4 is 0 Å². The smallest absolute Gasteiger partial charge is 0.280 e. The van der Waals surface area contributed by atoms with Crippen LogP contribution in [0.5, 0.6) is 0 Å². The molecule has 4 nitrogen and oxygen atoms in total. The summed E-state index contributed by atoms with van der Waals surface area (Å²) in [5, 5.41) is 2.34. The molecule has 136 valence electrons. The molecule has 3 aliphatic rings. The third kappa shape index (κ3) is 4.75. The molecular formula is C20H33NO3. The summed E-state index contributed by atoms with van der Waals surface area (Å²) in [5.41, 5.74) is -0.142. The maximum atomic E-state index is 10.9. The first kappa shape index (κ1) is 17.8. The van der Waals surface area contributed by atoms with E-state index >= 15 is 0 Å². The van der Waals surface area contributed by atoms with E-state index in [0.717, 1.165) is 38.1 Å². The van der Waals surface area contributed by atoms with Crippen LogP contribution in [0.2, 0.25) is 0 Å². The zero-order valence-electron chi connectivity index (χ0n) is 15.1. The number of aromatic nitrogens is 1. The quantitative estimate of drug-likeness (QED) is 0.845. The monoisotopic (exact) mass is 335 g/mol. The van der Waals surface area contributed by atoms with Gasteiger partial charge in [-0.3, -0.25) is 4.79 Å². The van der Waals surface area contributed by atoms with Crippen LogP contribution in [-0.4, -0.2) is 17.9 Å². The highest BCUT2D eigenvalue weighted by Crippen LogP contribution is 2.41. The fraction of sp³-hybridized carbons (Fsp3) is 0.850. The van der Waals surface area contributed by atoms with E-state index in [0.29, 0.717) is 12.0 Å². The SMILES string of the molecule is C1CCC2CCCC2C1.CCOC1CCC(c2cc(=O)[nH]o2)CC1. The first-order valence-electron chi connectivity index (χ1n) is 10.1. The van der Waals surface area contributed by atoms with Crippen molar-refractivity contribution in [2.45, 2.75) is 89.6 Å². The van der Waals surface area contributed by atoms with Crippen LogP contribution in [-0.2, 0) is 4.74 Å². The van der Waals surface area contributed by atoms with Crippen LogP contribution < -0.4 is 5.56 Å². The molecule has 24 heavy (non-hydrogen) atoms. The number of ether oxygens (including phenoxy) is 1. The van der Waals surface area contributed by atoms with Gasteiger partial charge in [0.1, 0.15) is 5.76 Å². The molecule has 1 aromatic rings. The molecular weight excluding hydrogens is 302 g/mol. The molecule has 1 heterocycles. The van der Waals surface area contributed by atoms with Crippen molar-refractivity contribution in [1.29, 1.82) is 0 Å². The Balaban J connectivity index is 0.000000159. The Hall–Kier alpha value is -1.03. The van der Waals surface area contributed by atoms with Gasteiger partial charge in [0.05, 0.1) is 6.10 Å². The van der Waals surface area contributed by atoms with Crippen LogP contribution in [0, 0.1) is 11.8 Å². The second-order valence-electron chi connectivity index (χ2n) is 7.78. The lowest BCUT2D eigenvalue weighted by Crippen LogP contribution is -2.20. The van der Waals surface area contributed by atoms with Crippen molar-refractivity contribution < 1.29 is 9.26 Å². The van der Waals surface area contributed by atoms with E-state index in [9.17, 15) is 4.79 Å². The Morgan fingerprint density at radius 1 is 1.00 bits per heavy atom. The molecule has 0 aliphatic heterocycles. The summed E-state index contributed by atoms with van der Waals surface area (Å²) in [6.07, 6.45) is 15.5. The number of nitrogens with one attached hydrogen (secondary N) is 1. The van der Waals surface area contributed by atoms with Gasteiger partial charge >= 0.3 is 0 Å². The van der Waals surface area contributed by atoms with E-state index in [1.54, 1.807) is 31.7 Å². The van der Waals surface area contributed by atoms with Gasteiger partial charge in [0.15, 0.2) is 0 Å². The van der Waals surface area contributed by atoms with Crippen LogP contribution in [0.1, 0.15) is 89.2 Å². The molecule has 0 saturated heterocycles. The van der Waals surface area contributed by atoms with Crippen molar-refractivity contribution in [3.8, 4) is 0 Å². The molecule has 4 heteroatoms. The third-order valence-corrected chi connectivity index (χ3v) is 6.24. The van der Waals surface area contributed by atoms with E-state index in [-0.39, 0.29) is 5.56 Å². The average molecular weight is 335 g/mol. The molecule has 0 bridgehead atoms. The standard InChI is InChI=1S/C11H17NO3.C9H16/c1-2-14-9-5-3-8(4-6-9)10-7-11(13)12-15-10;1-2-5-9-7-3-6-8(9)4-1/h7-9H,2-6H2,1H3,(H,12,13);8-9H,1-7H2. The molecule has 3 fully saturated rings. The first-order valence-corrected chi connectivity index (χ1v) is 10.1. The van der Waals surface area contributed by atoms with Crippen molar-refractivity contribution in [1.82, 2.24) is 5.16 Å². The predicted molar refractivity (Wildman–Crippen MR) is 95.3 cm³/mol. The van der Waals surface area contributed by atoms with Crippen LogP contribution in [0.3, 0.4) is 0 Å². The summed E-state index contributed by atoms with van der Waals surface area (Å²) in [6.45, 7) is 2.81. The third-order valence-electron chi connectivity index (χ3n) is 6.24. The van der Waals surface area contributed by atoms with Crippen molar-refractivity contribution in [2.24, 2.45) is 11.8 Å². The van der Waals surface area contributed by atoms with E-state index < -0.39 is 0 Å². The number of aromatic amines is 1. The molecule has 1 N–H and O–H groups in total. The highest BCUT2D eigenvalue weighted by Gasteiger charge is 2.28. The van der Waals surface area contributed by atoms with E-state index in [4.69, 9.17) is 9.26 Å². The van der Waals surface area contributed by atoms with Gasteiger partial charge in [-0.05, 0) is 44.4 Å². The second-order valence-corrected chi connectivity index (χ2v) is 7.78. The van der Waals surface area contributed by atoms with Gasteiger partial charge in [0, 0.05) is 18.6 Å². The summed E-state index contributed by atoms with van der Waals surface area (Å²) in [6, 6.07) is 1.56. The van der Waals surface area contributed by atoms with Gasteiger partial charge in [-0.25, -0.2) is 0 Å². The molecule has 0 aromatic carbocycles. The predicted octanol–water partition coefficient (Wildman–Crippen LogP) is 5.01. The first-order chi connectivity index (χ1) is 11.8. The topological polar surface area (TPSA) is 55.2 Å². The Labute approximate surface area is 145 Å². The fourth-order valence-electron chi connectivity index (χ4n) is 4.94. The van der Waals surface area contributed by atoms with Gasteiger partial charge in [-0.2, -0.15) is 5.16 Å². The van der Waals surface area contributed by atoms with E-state index in [1.807, 2.05) is 6.92 Å².